The Labute approximate surface area is 111 Å². The van der Waals surface area contributed by atoms with Gasteiger partial charge in [-0.2, -0.15) is 0 Å². The fourth-order valence-corrected chi connectivity index (χ4v) is 1.60. The van der Waals surface area contributed by atoms with Crippen molar-refractivity contribution >= 4 is 17.4 Å². The number of ether oxygens (including phenoxy) is 2. The smallest absolute Gasteiger partial charge is 0.141 e. The van der Waals surface area contributed by atoms with Gasteiger partial charge < -0.3 is 9.47 Å². The fourth-order valence-electron chi connectivity index (χ4n) is 1.40. The molecule has 0 spiro atoms. The molecular weight excluding hydrogens is 259 g/mol. The van der Waals surface area contributed by atoms with Gasteiger partial charge in [0.15, 0.2) is 0 Å². The second kappa shape index (κ2) is 8.19. The number of halogens is 2. The first-order valence-corrected chi connectivity index (χ1v) is 6.03. The average Bonchev–Trinajstić information content (AvgIpc) is 2.34. The van der Waals surface area contributed by atoms with Crippen LogP contribution in [0.1, 0.15) is 12.0 Å². The topological polar surface area (TPSA) is 35.5 Å². The molecule has 0 aliphatic carbocycles. The van der Waals surface area contributed by atoms with E-state index in [0.717, 1.165) is 0 Å². The van der Waals surface area contributed by atoms with E-state index < -0.39 is 5.82 Å². The minimum atomic E-state index is -0.476. The molecule has 0 unspecified atom stereocenters. The summed E-state index contributed by atoms with van der Waals surface area (Å²) in [5.74, 6) is -0.439. The Bertz CT molecular complexity index is 396. The Hall–Kier alpha value is -0.970. The minimum absolute atomic E-state index is 0.0371. The second-order valence-electron chi connectivity index (χ2n) is 3.82. The van der Waals surface area contributed by atoms with Gasteiger partial charge >= 0.3 is 0 Å². The summed E-state index contributed by atoms with van der Waals surface area (Å²) >= 11 is 5.63. The summed E-state index contributed by atoms with van der Waals surface area (Å²) in [6.07, 6.45) is 0.576. The predicted molar refractivity (Wildman–Crippen MR) is 67.4 cm³/mol. The van der Waals surface area contributed by atoms with Gasteiger partial charge in [-0.1, -0.05) is 17.7 Å². The lowest BCUT2D eigenvalue weighted by Gasteiger charge is -2.04. The SMILES string of the molecule is COCCOCCC(=O)Cc1ccc(F)c(Cl)c1. The van der Waals surface area contributed by atoms with Crippen LogP contribution >= 0.6 is 11.6 Å². The number of carbonyl (C=O) groups is 1. The van der Waals surface area contributed by atoms with Crippen molar-refractivity contribution in [1.82, 2.24) is 0 Å². The molecule has 0 N–H and O–H groups in total. The zero-order valence-electron chi connectivity index (χ0n) is 10.2. The molecule has 0 saturated heterocycles. The van der Waals surface area contributed by atoms with E-state index in [9.17, 15) is 9.18 Å². The Morgan fingerprint density at radius 3 is 2.78 bits per heavy atom. The second-order valence-corrected chi connectivity index (χ2v) is 4.23. The van der Waals surface area contributed by atoms with Gasteiger partial charge in [-0.3, -0.25) is 4.79 Å². The Morgan fingerprint density at radius 1 is 1.33 bits per heavy atom. The molecule has 0 amide bonds. The van der Waals surface area contributed by atoms with E-state index in [1.165, 1.54) is 12.1 Å². The van der Waals surface area contributed by atoms with Crippen molar-refractivity contribution in [2.75, 3.05) is 26.9 Å². The maximum absolute atomic E-state index is 12.9. The highest BCUT2D eigenvalue weighted by Gasteiger charge is 2.06. The quantitative estimate of drug-likeness (QED) is 0.684. The van der Waals surface area contributed by atoms with Crippen LogP contribution in [0.3, 0.4) is 0 Å². The summed E-state index contributed by atoms with van der Waals surface area (Å²) in [6.45, 7) is 1.37. The number of ketones is 1. The van der Waals surface area contributed by atoms with Crippen molar-refractivity contribution in [3.63, 3.8) is 0 Å². The predicted octanol–water partition coefficient (Wildman–Crippen LogP) is 2.64. The van der Waals surface area contributed by atoms with Crippen LogP contribution in [0.25, 0.3) is 0 Å². The van der Waals surface area contributed by atoms with Crippen LogP contribution in [-0.4, -0.2) is 32.7 Å². The first kappa shape index (κ1) is 15.1. The number of hydrogen-bond donors (Lipinski definition) is 0. The molecule has 1 aromatic carbocycles. The molecule has 0 saturated carbocycles. The van der Waals surface area contributed by atoms with Crippen molar-refractivity contribution in [2.24, 2.45) is 0 Å². The number of methoxy groups -OCH3 is 1. The van der Waals surface area contributed by atoms with E-state index in [4.69, 9.17) is 21.1 Å². The van der Waals surface area contributed by atoms with E-state index in [-0.39, 0.29) is 17.2 Å². The lowest BCUT2D eigenvalue weighted by Crippen LogP contribution is -2.09. The summed E-state index contributed by atoms with van der Waals surface area (Å²) in [5.41, 5.74) is 0.711. The van der Waals surface area contributed by atoms with Gasteiger partial charge in [-0.25, -0.2) is 4.39 Å². The molecule has 100 valence electrons. The number of Topliss-reactive ketones (excluding diaryl/α,β-unsaturated/α-hetero) is 1. The largest absolute Gasteiger partial charge is 0.382 e. The zero-order chi connectivity index (χ0) is 13.4. The molecule has 0 aromatic heterocycles. The molecule has 0 aliphatic rings. The van der Waals surface area contributed by atoms with Crippen molar-refractivity contribution in [3.8, 4) is 0 Å². The lowest BCUT2D eigenvalue weighted by molar-refractivity contribution is -0.119. The molecule has 0 bridgehead atoms. The van der Waals surface area contributed by atoms with Gasteiger partial charge in [0.1, 0.15) is 11.6 Å². The van der Waals surface area contributed by atoms with E-state index in [2.05, 4.69) is 0 Å². The van der Waals surface area contributed by atoms with Crippen LogP contribution in [0.5, 0.6) is 0 Å². The maximum atomic E-state index is 12.9. The molecule has 5 heteroatoms. The van der Waals surface area contributed by atoms with Gasteiger partial charge in [0, 0.05) is 20.0 Å². The molecule has 0 fully saturated rings. The van der Waals surface area contributed by atoms with E-state index in [0.29, 0.717) is 31.8 Å². The average molecular weight is 275 g/mol. The van der Waals surface area contributed by atoms with Crippen LogP contribution in [0.2, 0.25) is 5.02 Å². The number of carbonyl (C=O) groups excluding carboxylic acids is 1. The molecule has 3 nitrogen and oxygen atoms in total. The van der Waals surface area contributed by atoms with Gasteiger partial charge in [0.05, 0.1) is 24.8 Å². The number of benzene rings is 1. The van der Waals surface area contributed by atoms with E-state index in [1.807, 2.05) is 0 Å². The monoisotopic (exact) mass is 274 g/mol. The normalized spacial score (nSPS) is 10.6. The molecule has 18 heavy (non-hydrogen) atoms. The third-order valence-electron chi connectivity index (χ3n) is 2.34. The first-order chi connectivity index (χ1) is 8.63. The summed E-state index contributed by atoms with van der Waals surface area (Å²) in [5, 5.41) is 0.0386. The molecule has 1 aromatic rings. The molecule has 0 radical (unpaired) electrons. The Morgan fingerprint density at radius 2 is 2.11 bits per heavy atom. The highest BCUT2D eigenvalue weighted by Crippen LogP contribution is 2.16. The minimum Gasteiger partial charge on any atom is -0.382 e. The molecule has 1 rings (SSSR count). The zero-order valence-corrected chi connectivity index (χ0v) is 11.0. The van der Waals surface area contributed by atoms with Crippen LogP contribution in [0.15, 0.2) is 18.2 Å². The van der Waals surface area contributed by atoms with Crippen molar-refractivity contribution in [1.29, 1.82) is 0 Å². The standard InChI is InChI=1S/C13H16ClFO3/c1-17-6-7-18-5-4-11(16)8-10-2-3-13(15)12(14)9-10/h2-3,9H,4-8H2,1H3. The van der Waals surface area contributed by atoms with Gasteiger partial charge in [0.2, 0.25) is 0 Å². The van der Waals surface area contributed by atoms with E-state index >= 15 is 0 Å². The van der Waals surface area contributed by atoms with Gasteiger partial charge in [-0.15, -0.1) is 0 Å². The van der Waals surface area contributed by atoms with Crippen molar-refractivity contribution in [3.05, 3.63) is 34.6 Å². The third-order valence-corrected chi connectivity index (χ3v) is 2.63. The first-order valence-electron chi connectivity index (χ1n) is 5.66. The van der Waals surface area contributed by atoms with Crippen molar-refractivity contribution in [2.45, 2.75) is 12.8 Å². The molecular formula is C13H16ClFO3. The lowest BCUT2D eigenvalue weighted by atomic mass is 10.1. The third kappa shape index (κ3) is 5.58. The summed E-state index contributed by atoms with van der Waals surface area (Å²) < 4.78 is 22.9. The summed E-state index contributed by atoms with van der Waals surface area (Å²) in [7, 11) is 1.59. The summed E-state index contributed by atoms with van der Waals surface area (Å²) in [4.78, 5) is 11.6. The number of rotatable bonds is 8. The fraction of sp³-hybridized carbons (Fsp3) is 0.462. The number of hydrogen-bond acceptors (Lipinski definition) is 3. The Kier molecular flexibility index (Phi) is 6.86. The van der Waals surface area contributed by atoms with Crippen molar-refractivity contribution < 1.29 is 18.7 Å². The van der Waals surface area contributed by atoms with Gasteiger partial charge in [0.25, 0.3) is 0 Å². The molecule has 0 heterocycles. The van der Waals surface area contributed by atoms with Crippen LogP contribution < -0.4 is 0 Å². The van der Waals surface area contributed by atoms with Gasteiger partial charge in [-0.05, 0) is 17.7 Å². The van der Waals surface area contributed by atoms with Crippen LogP contribution in [-0.2, 0) is 20.7 Å². The highest BCUT2D eigenvalue weighted by molar-refractivity contribution is 6.30. The summed E-state index contributed by atoms with van der Waals surface area (Å²) in [6, 6.07) is 4.30. The van der Waals surface area contributed by atoms with Crippen LogP contribution in [0.4, 0.5) is 4.39 Å². The van der Waals surface area contributed by atoms with E-state index in [1.54, 1.807) is 13.2 Å². The van der Waals surface area contributed by atoms with Crippen LogP contribution in [0, 0.1) is 5.82 Å². The molecule has 0 atom stereocenters. The maximum Gasteiger partial charge on any atom is 0.141 e. The highest BCUT2D eigenvalue weighted by atomic mass is 35.5. The molecule has 0 aliphatic heterocycles. The Balaban J connectivity index is 2.29.